The normalized spacial score (nSPS) is 17.2. The number of ether oxygens (including phenoxy) is 1. The fourth-order valence-corrected chi connectivity index (χ4v) is 3.62. The van der Waals surface area contributed by atoms with Crippen molar-refractivity contribution >= 4 is 33.6 Å². The van der Waals surface area contributed by atoms with Crippen LogP contribution < -0.4 is 0 Å². The lowest BCUT2D eigenvalue weighted by molar-refractivity contribution is 0.0148. The van der Waals surface area contributed by atoms with Gasteiger partial charge in [0.2, 0.25) is 0 Å². The molecule has 0 spiro atoms. The van der Waals surface area contributed by atoms with Gasteiger partial charge in [-0.1, -0.05) is 33.6 Å². The first-order valence-electron chi connectivity index (χ1n) is 7.97. The highest BCUT2D eigenvalue weighted by molar-refractivity contribution is 9.10. The van der Waals surface area contributed by atoms with Gasteiger partial charge in [-0.3, -0.25) is 0 Å². The minimum absolute atomic E-state index is 0.304. The maximum Gasteiger partial charge on any atom is 0.410 e. The molecule has 4 nitrogen and oxygen atoms in total. The minimum Gasteiger partial charge on any atom is -0.444 e. The first-order chi connectivity index (χ1) is 11.1. The molecule has 1 saturated heterocycles. The zero-order chi connectivity index (χ0) is 18.0. The van der Waals surface area contributed by atoms with E-state index in [2.05, 4.69) is 22.0 Å². The maximum absolute atomic E-state index is 12.2. The summed E-state index contributed by atoms with van der Waals surface area (Å²) in [5, 5.41) is 10.4. The van der Waals surface area contributed by atoms with Crippen LogP contribution in [0.25, 0.3) is 0 Å². The van der Waals surface area contributed by atoms with Gasteiger partial charge in [0, 0.05) is 22.6 Å². The number of hydrogen-bond donors (Lipinski definition) is 0. The SMILES string of the molecule is CC(C)(C)OC(=O)N1CCC(C#N)(Cc2ccc(Cl)cc2Br)CC1. The van der Waals surface area contributed by atoms with Crippen LogP contribution in [0.4, 0.5) is 4.79 Å². The number of rotatable bonds is 2. The molecule has 1 heterocycles. The van der Waals surface area contributed by atoms with Crippen molar-refractivity contribution in [3.63, 3.8) is 0 Å². The van der Waals surface area contributed by atoms with Crippen LogP contribution in [-0.4, -0.2) is 29.7 Å². The van der Waals surface area contributed by atoms with E-state index in [1.54, 1.807) is 4.90 Å². The Labute approximate surface area is 156 Å². The minimum atomic E-state index is -0.505. The van der Waals surface area contributed by atoms with Crippen LogP contribution in [0.15, 0.2) is 22.7 Å². The van der Waals surface area contributed by atoms with Crippen LogP contribution in [0.3, 0.4) is 0 Å². The van der Waals surface area contributed by atoms with Crippen LogP contribution in [0.1, 0.15) is 39.2 Å². The Morgan fingerprint density at radius 1 is 1.42 bits per heavy atom. The third-order valence-corrected chi connectivity index (χ3v) is 5.13. The summed E-state index contributed by atoms with van der Waals surface area (Å²) in [4.78, 5) is 13.9. The number of nitrogens with zero attached hydrogens (tertiary/aromatic N) is 2. The van der Waals surface area contributed by atoms with E-state index in [4.69, 9.17) is 16.3 Å². The Morgan fingerprint density at radius 2 is 2.04 bits per heavy atom. The molecule has 6 heteroatoms. The van der Waals surface area contributed by atoms with Gasteiger partial charge in [-0.05, 0) is 57.7 Å². The topological polar surface area (TPSA) is 53.3 Å². The third kappa shape index (κ3) is 4.87. The van der Waals surface area contributed by atoms with Gasteiger partial charge in [-0.25, -0.2) is 4.79 Å². The summed E-state index contributed by atoms with van der Waals surface area (Å²) in [6.45, 7) is 6.63. The number of nitriles is 1. The summed E-state index contributed by atoms with van der Waals surface area (Å²) in [6.07, 6.45) is 1.61. The van der Waals surface area contributed by atoms with E-state index >= 15 is 0 Å². The number of amides is 1. The van der Waals surface area contributed by atoms with E-state index in [1.165, 1.54) is 0 Å². The van der Waals surface area contributed by atoms with Crippen molar-refractivity contribution in [1.82, 2.24) is 4.90 Å². The van der Waals surface area contributed by atoms with Crippen molar-refractivity contribution in [2.45, 2.75) is 45.6 Å². The van der Waals surface area contributed by atoms with Crippen LogP contribution in [-0.2, 0) is 11.2 Å². The Morgan fingerprint density at radius 3 is 2.54 bits per heavy atom. The van der Waals surface area contributed by atoms with Crippen molar-refractivity contribution in [3.8, 4) is 6.07 Å². The second-order valence-electron chi connectivity index (χ2n) is 7.27. The van der Waals surface area contributed by atoms with E-state index in [0.717, 1.165) is 10.0 Å². The van der Waals surface area contributed by atoms with Gasteiger partial charge in [0.25, 0.3) is 0 Å². The standard InChI is InChI=1S/C18H22BrClN2O2/c1-17(2,3)24-16(23)22-8-6-18(12-21,7-9-22)11-13-4-5-14(20)10-15(13)19/h4-5,10H,6-9,11H2,1-3H3. The highest BCUT2D eigenvalue weighted by Crippen LogP contribution is 2.37. The van der Waals surface area contributed by atoms with Gasteiger partial charge < -0.3 is 9.64 Å². The lowest BCUT2D eigenvalue weighted by atomic mass is 9.75. The molecule has 0 unspecified atom stereocenters. The highest BCUT2D eigenvalue weighted by Gasteiger charge is 2.37. The van der Waals surface area contributed by atoms with Crippen molar-refractivity contribution in [3.05, 3.63) is 33.3 Å². The molecule has 0 bridgehead atoms. The number of halogens is 2. The predicted molar refractivity (Wildman–Crippen MR) is 97.9 cm³/mol. The number of hydrogen-bond acceptors (Lipinski definition) is 3. The fourth-order valence-electron chi connectivity index (χ4n) is 2.80. The molecular formula is C18H22BrClN2O2. The van der Waals surface area contributed by atoms with Gasteiger partial charge in [-0.15, -0.1) is 0 Å². The van der Waals surface area contributed by atoms with E-state index in [1.807, 2.05) is 39.0 Å². The summed E-state index contributed by atoms with van der Waals surface area (Å²) < 4.78 is 6.33. The molecule has 1 fully saturated rings. The van der Waals surface area contributed by atoms with Crippen LogP contribution in [0.2, 0.25) is 5.02 Å². The quantitative estimate of drug-likeness (QED) is 0.670. The smallest absolute Gasteiger partial charge is 0.410 e. The summed E-state index contributed by atoms with van der Waals surface area (Å²) in [6, 6.07) is 8.11. The summed E-state index contributed by atoms with van der Waals surface area (Å²) in [5.74, 6) is 0. The molecule has 1 aromatic rings. The first-order valence-corrected chi connectivity index (χ1v) is 9.14. The molecule has 0 radical (unpaired) electrons. The molecule has 0 atom stereocenters. The summed E-state index contributed by atoms with van der Waals surface area (Å²) in [7, 11) is 0. The molecule has 24 heavy (non-hydrogen) atoms. The molecule has 0 aliphatic carbocycles. The summed E-state index contributed by atoms with van der Waals surface area (Å²) >= 11 is 9.50. The zero-order valence-corrected chi connectivity index (χ0v) is 16.6. The molecule has 1 aliphatic heterocycles. The third-order valence-electron chi connectivity index (χ3n) is 4.15. The number of carbonyl (C=O) groups excluding carboxylic acids is 1. The Bertz CT molecular complexity index is 656. The van der Waals surface area contributed by atoms with Gasteiger partial charge in [0.15, 0.2) is 0 Å². The van der Waals surface area contributed by atoms with Crippen LogP contribution in [0, 0.1) is 16.7 Å². The lowest BCUT2D eigenvalue weighted by Gasteiger charge is -2.38. The fraction of sp³-hybridized carbons (Fsp3) is 0.556. The molecule has 0 saturated carbocycles. The first kappa shape index (κ1) is 19.1. The Hall–Kier alpha value is -1.25. The highest BCUT2D eigenvalue weighted by atomic mass is 79.9. The number of piperidine rings is 1. The average molecular weight is 414 g/mol. The number of carbonyl (C=O) groups is 1. The van der Waals surface area contributed by atoms with Gasteiger partial charge in [-0.2, -0.15) is 5.26 Å². The van der Waals surface area contributed by atoms with Crippen molar-refractivity contribution < 1.29 is 9.53 Å². The molecule has 1 aliphatic rings. The Kier molecular flexibility index (Phi) is 5.83. The van der Waals surface area contributed by atoms with E-state index < -0.39 is 11.0 Å². The molecule has 130 valence electrons. The molecule has 1 amide bonds. The van der Waals surface area contributed by atoms with Gasteiger partial charge >= 0.3 is 6.09 Å². The van der Waals surface area contributed by atoms with E-state index in [9.17, 15) is 10.1 Å². The largest absolute Gasteiger partial charge is 0.444 e. The van der Waals surface area contributed by atoms with Crippen LogP contribution in [0.5, 0.6) is 0 Å². The molecule has 0 N–H and O–H groups in total. The van der Waals surface area contributed by atoms with Crippen molar-refractivity contribution in [2.24, 2.45) is 5.41 Å². The van der Waals surface area contributed by atoms with E-state index in [-0.39, 0.29) is 6.09 Å². The van der Waals surface area contributed by atoms with Gasteiger partial charge in [0.1, 0.15) is 5.60 Å². The van der Waals surface area contributed by atoms with Crippen molar-refractivity contribution in [1.29, 1.82) is 5.26 Å². The Balaban J connectivity index is 2.04. The number of benzene rings is 1. The number of likely N-dealkylation sites (tertiary alicyclic amines) is 1. The van der Waals surface area contributed by atoms with Gasteiger partial charge in [0.05, 0.1) is 11.5 Å². The maximum atomic E-state index is 12.2. The molecule has 1 aromatic carbocycles. The predicted octanol–water partition coefficient (Wildman–Crippen LogP) is 5.19. The second-order valence-corrected chi connectivity index (χ2v) is 8.56. The monoisotopic (exact) mass is 412 g/mol. The van der Waals surface area contributed by atoms with E-state index in [0.29, 0.717) is 37.4 Å². The van der Waals surface area contributed by atoms with Crippen molar-refractivity contribution in [2.75, 3.05) is 13.1 Å². The molecular weight excluding hydrogens is 392 g/mol. The molecule has 2 rings (SSSR count). The average Bonchev–Trinajstić information content (AvgIpc) is 2.49. The van der Waals surface area contributed by atoms with Crippen LogP contribution >= 0.6 is 27.5 Å². The zero-order valence-electron chi connectivity index (χ0n) is 14.2. The lowest BCUT2D eigenvalue weighted by Crippen LogP contribution is -2.45. The second kappa shape index (κ2) is 7.33. The summed E-state index contributed by atoms with van der Waals surface area (Å²) in [5.41, 5.74) is 0.0934. The molecule has 0 aromatic heterocycles.